The van der Waals surface area contributed by atoms with Crippen molar-refractivity contribution in [2.24, 2.45) is 0 Å². The monoisotopic (exact) mass is 433 g/mol. The third-order valence-corrected chi connectivity index (χ3v) is 5.37. The van der Waals surface area contributed by atoms with Gasteiger partial charge in [-0.1, -0.05) is 17.7 Å². The Labute approximate surface area is 177 Å². The molecule has 2 N–H and O–H groups in total. The molecule has 0 bridgehead atoms. The van der Waals surface area contributed by atoms with E-state index in [1.165, 1.54) is 24.3 Å². The van der Waals surface area contributed by atoms with E-state index in [2.05, 4.69) is 15.5 Å². The Hall–Kier alpha value is -3.20. The van der Waals surface area contributed by atoms with Crippen molar-refractivity contribution < 1.29 is 27.5 Å². The second kappa shape index (κ2) is 8.14. The molecule has 0 radical (unpaired) electrons. The molecule has 31 heavy (non-hydrogen) atoms. The molecule has 2 aliphatic heterocycles. The van der Waals surface area contributed by atoms with Crippen LogP contribution in [0.2, 0.25) is 0 Å². The van der Waals surface area contributed by atoms with E-state index < -0.39 is 12.0 Å². The minimum atomic E-state index is -4.72. The number of likely N-dealkylation sites (tertiary alicyclic amines) is 1. The number of carbonyl (C=O) groups excluding carboxylic acids is 1. The number of rotatable bonds is 3. The van der Waals surface area contributed by atoms with Crippen molar-refractivity contribution >= 4 is 17.4 Å². The van der Waals surface area contributed by atoms with Gasteiger partial charge in [-0.2, -0.15) is 0 Å². The molecule has 0 atom stereocenters. The van der Waals surface area contributed by atoms with Gasteiger partial charge in [-0.3, -0.25) is 10.3 Å². The molecule has 6 nitrogen and oxygen atoms in total. The molecular weight excluding hydrogens is 411 g/mol. The first kappa shape index (κ1) is 21.0. The fourth-order valence-electron chi connectivity index (χ4n) is 3.63. The van der Waals surface area contributed by atoms with Crippen LogP contribution in [0, 0.1) is 6.92 Å². The van der Waals surface area contributed by atoms with Crippen LogP contribution in [0.3, 0.4) is 0 Å². The largest absolute Gasteiger partial charge is 0.573 e. The van der Waals surface area contributed by atoms with Crippen LogP contribution in [0.4, 0.5) is 23.7 Å². The van der Waals surface area contributed by atoms with Crippen molar-refractivity contribution in [3.63, 3.8) is 0 Å². The highest BCUT2D eigenvalue weighted by Gasteiger charge is 2.40. The Morgan fingerprint density at radius 1 is 1.10 bits per heavy atom. The Kier molecular flexibility index (Phi) is 5.53. The summed E-state index contributed by atoms with van der Waals surface area (Å²) < 4.78 is 40.8. The number of piperidine rings is 1. The number of nitrogens with one attached hydrogen (secondary N) is 2. The van der Waals surface area contributed by atoms with Gasteiger partial charge in [0.25, 0.3) is 0 Å². The Balaban J connectivity index is 1.35. The van der Waals surface area contributed by atoms with E-state index in [1.54, 1.807) is 4.90 Å². The maximum Gasteiger partial charge on any atom is 0.573 e. The number of nitrogens with zero attached hydrogens (tertiary/aromatic N) is 1. The standard InChI is InChI=1S/C22H22F3N3O3/c1-15-2-6-17(7-3-15)26-20(29)28-12-10-21(11-13-28)14-19(27-31-21)16-4-8-18(9-5-16)30-22(23,24)25/h2-9,14,27H,10-13H2,1H3,(H,26,29). The average Bonchev–Trinajstić information content (AvgIpc) is 3.13. The van der Waals surface area contributed by atoms with Gasteiger partial charge >= 0.3 is 12.4 Å². The predicted octanol–water partition coefficient (Wildman–Crippen LogP) is 4.84. The van der Waals surface area contributed by atoms with Gasteiger partial charge in [-0.15, -0.1) is 13.2 Å². The van der Waals surface area contributed by atoms with Crippen LogP contribution in [-0.4, -0.2) is 36.0 Å². The fourth-order valence-corrected chi connectivity index (χ4v) is 3.63. The minimum absolute atomic E-state index is 0.158. The summed E-state index contributed by atoms with van der Waals surface area (Å²) in [6, 6.07) is 13.0. The van der Waals surface area contributed by atoms with E-state index >= 15 is 0 Å². The van der Waals surface area contributed by atoms with Crippen molar-refractivity contribution in [2.75, 3.05) is 18.4 Å². The molecule has 4 rings (SSSR count). The summed E-state index contributed by atoms with van der Waals surface area (Å²) in [4.78, 5) is 20.1. The van der Waals surface area contributed by atoms with Crippen molar-refractivity contribution in [1.29, 1.82) is 0 Å². The van der Waals surface area contributed by atoms with Gasteiger partial charge in [0.1, 0.15) is 11.4 Å². The Morgan fingerprint density at radius 2 is 1.74 bits per heavy atom. The zero-order chi connectivity index (χ0) is 22.1. The van der Waals surface area contributed by atoms with E-state index in [0.29, 0.717) is 37.2 Å². The predicted molar refractivity (Wildman–Crippen MR) is 109 cm³/mol. The summed E-state index contributed by atoms with van der Waals surface area (Å²) in [6.45, 7) is 3.01. The first-order valence-corrected chi connectivity index (χ1v) is 9.87. The van der Waals surface area contributed by atoms with E-state index in [0.717, 1.165) is 11.3 Å². The van der Waals surface area contributed by atoms with Crippen LogP contribution in [0.1, 0.15) is 24.0 Å². The molecule has 0 unspecified atom stereocenters. The molecule has 2 aromatic carbocycles. The number of alkyl halides is 3. The molecule has 2 aromatic rings. The molecule has 0 aromatic heterocycles. The highest BCUT2D eigenvalue weighted by Crippen LogP contribution is 2.35. The lowest BCUT2D eigenvalue weighted by Gasteiger charge is -2.36. The van der Waals surface area contributed by atoms with Crippen molar-refractivity contribution in [3.05, 3.63) is 65.7 Å². The van der Waals surface area contributed by atoms with Crippen LogP contribution in [0.5, 0.6) is 5.75 Å². The quantitative estimate of drug-likeness (QED) is 0.728. The van der Waals surface area contributed by atoms with Crippen molar-refractivity contribution in [3.8, 4) is 5.75 Å². The van der Waals surface area contributed by atoms with Gasteiger partial charge in [-0.05, 0) is 55.0 Å². The van der Waals surface area contributed by atoms with Gasteiger partial charge in [0, 0.05) is 31.6 Å². The summed E-state index contributed by atoms with van der Waals surface area (Å²) in [7, 11) is 0. The number of halogens is 3. The number of hydroxylamine groups is 1. The smallest absolute Gasteiger partial charge is 0.406 e. The van der Waals surface area contributed by atoms with E-state index in [9.17, 15) is 18.0 Å². The van der Waals surface area contributed by atoms with Gasteiger partial charge in [-0.25, -0.2) is 4.79 Å². The SMILES string of the molecule is Cc1ccc(NC(=O)N2CCC3(C=C(c4ccc(OC(F)(F)F)cc4)NO3)CC2)cc1. The Bertz CT molecular complexity index is 964. The first-order chi connectivity index (χ1) is 14.7. The molecule has 2 aliphatic rings. The van der Waals surface area contributed by atoms with Crippen LogP contribution in [0.25, 0.3) is 5.70 Å². The van der Waals surface area contributed by atoms with Crippen LogP contribution in [-0.2, 0) is 4.84 Å². The average molecular weight is 433 g/mol. The molecule has 1 fully saturated rings. The number of aryl methyl sites for hydroxylation is 1. The second-order valence-electron chi connectivity index (χ2n) is 7.68. The molecule has 2 heterocycles. The number of hydrogen-bond donors (Lipinski definition) is 2. The van der Waals surface area contributed by atoms with Crippen LogP contribution in [0.15, 0.2) is 54.6 Å². The molecule has 164 valence electrons. The highest BCUT2D eigenvalue weighted by molar-refractivity contribution is 5.89. The summed E-state index contributed by atoms with van der Waals surface area (Å²) in [5, 5.41) is 2.90. The van der Waals surface area contributed by atoms with Crippen molar-refractivity contribution in [2.45, 2.75) is 31.7 Å². The van der Waals surface area contributed by atoms with E-state index in [-0.39, 0.29) is 11.8 Å². The lowest BCUT2D eigenvalue weighted by Crippen LogP contribution is -2.48. The molecular formula is C22H22F3N3O3. The number of anilines is 1. The first-order valence-electron chi connectivity index (χ1n) is 9.87. The second-order valence-corrected chi connectivity index (χ2v) is 7.68. The summed E-state index contributed by atoms with van der Waals surface area (Å²) in [6.07, 6.45) is -1.60. The highest BCUT2D eigenvalue weighted by atomic mass is 19.4. The summed E-state index contributed by atoms with van der Waals surface area (Å²) >= 11 is 0. The zero-order valence-corrected chi connectivity index (χ0v) is 16.8. The Morgan fingerprint density at radius 3 is 2.35 bits per heavy atom. The third kappa shape index (κ3) is 5.11. The van der Waals surface area contributed by atoms with Gasteiger partial charge in [0.2, 0.25) is 0 Å². The number of ether oxygens (including phenoxy) is 1. The molecule has 0 saturated carbocycles. The van der Waals surface area contributed by atoms with Crippen LogP contribution < -0.4 is 15.5 Å². The number of amides is 2. The topological polar surface area (TPSA) is 62.8 Å². The third-order valence-electron chi connectivity index (χ3n) is 5.37. The van der Waals surface area contributed by atoms with Gasteiger partial charge in [0.05, 0.1) is 5.70 Å². The normalized spacial score (nSPS) is 17.8. The van der Waals surface area contributed by atoms with Crippen LogP contribution >= 0.6 is 0 Å². The molecule has 2 amide bonds. The number of urea groups is 1. The fraction of sp³-hybridized carbons (Fsp3) is 0.318. The summed E-state index contributed by atoms with van der Waals surface area (Å²) in [5.41, 5.74) is 5.54. The van der Waals surface area contributed by atoms with Gasteiger partial charge in [0.15, 0.2) is 0 Å². The molecule has 0 aliphatic carbocycles. The molecule has 1 spiro atoms. The molecule has 1 saturated heterocycles. The number of benzene rings is 2. The number of carbonyl (C=O) groups is 1. The van der Waals surface area contributed by atoms with E-state index in [1.807, 2.05) is 37.3 Å². The molecule has 9 heteroatoms. The van der Waals surface area contributed by atoms with Gasteiger partial charge < -0.3 is 15.0 Å². The maximum absolute atomic E-state index is 12.5. The maximum atomic E-state index is 12.5. The minimum Gasteiger partial charge on any atom is -0.406 e. The van der Waals surface area contributed by atoms with Crippen molar-refractivity contribution in [1.82, 2.24) is 10.4 Å². The lowest BCUT2D eigenvalue weighted by atomic mass is 9.90. The lowest BCUT2D eigenvalue weighted by molar-refractivity contribution is -0.274. The zero-order valence-electron chi connectivity index (χ0n) is 16.8. The number of hydrogen-bond acceptors (Lipinski definition) is 4. The summed E-state index contributed by atoms with van der Waals surface area (Å²) in [5.74, 6) is -0.279. The van der Waals surface area contributed by atoms with E-state index in [4.69, 9.17) is 4.84 Å².